The van der Waals surface area contributed by atoms with Crippen molar-refractivity contribution in [2.45, 2.75) is 0 Å². The summed E-state index contributed by atoms with van der Waals surface area (Å²) in [6.07, 6.45) is 4.13. The molecule has 1 aliphatic heterocycles. The fourth-order valence-corrected chi connectivity index (χ4v) is 2.44. The average Bonchev–Trinajstić information content (AvgIpc) is 2.48. The number of halogens is 2. The van der Waals surface area contributed by atoms with E-state index in [2.05, 4.69) is 34.0 Å². The van der Waals surface area contributed by atoms with E-state index in [9.17, 15) is 4.39 Å². The third kappa shape index (κ3) is 1.76. The monoisotopic (exact) mass is 305 g/mol. The molecule has 0 spiro atoms. The fraction of sp³-hybridized carbons (Fsp3) is 0.200. The van der Waals surface area contributed by atoms with Gasteiger partial charge in [-0.05, 0) is 12.1 Å². The lowest BCUT2D eigenvalue weighted by atomic mass is 10.3. The summed E-state index contributed by atoms with van der Waals surface area (Å²) in [5.41, 5.74) is 1.09. The zero-order chi connectivity index (χ0) is 10.2. The Bertz CT molecular complexity index is 363. The second-order valence-electron chi connectivity index (χ2n) is 3.44. The summed E-state index contributed by atoms with van der Waals surface area (Å²) in [7, 11) is 2.03. The predicted octanol–water partition coefficient (Wildman–Crippen LogP) is 2.86. The van der Waals surface area contributed by atoms with Crippen molar-refractivity contribution >= 4 is 28.6 Å². The van der Waals surface area contributed by atoms with E-state index in [1.54, 1.807) is 0 Å². The summed E-state index contributed by atoms with van der Waals surface area (Å²) in [6, 6.07) is 6.65. The van der Waals surface area contributed by atoms with Crippen LogP contribution in [0.3, 0.4) is 0 Å². The zero-order valence-electron chi connectivity index (χ0n) is 7.82. The van der Waals surface area contributed by atoms with Crippen LogP contribution in [-0.2, 0) is 0 Å². The first-order chi connectivity index (χ1) is 6.60. The van der Waals surface area contributed by atoms with Crippen LogP contribution >= 0.6 is 22.9 Å². The van der Waals surface area contributed by atoms with Crippen LogP contribution in [0.1, 0.15) is 0 Å². The normalized spacial score (nSPS) is 25.8. The molecule has 0 saturated carbocycles. The molecule has 0 aromatic heterocycles. The molecule has 1 heterocycles. The Labute approximate surface area is 96.7 Å². The third-order valence-corrected chi connectivity index (χ3v) is 3.43. The molecule has 0 saturated heterocycles. The lowest BCUT2D eigenvalue weighted by molar-refractivity contribution is 0.420. The Morgan fingerprint density at radius 3 is 2.50 bits per heavy atom. The van der Waals surface area contributed by atoms with Crippen LogP contribution in [0.4, 0.5) is 10.1 Å². The molecule has 74 valence electrons. The van der Waals surface area contributed by atoms with Crippen LogP contribution in [-0.4, -0.2) is 18.6 Å². The van der Waals surface area contributed by atoms with Crippen LogP contribution < -0.4 is 2.70 Å². The van der Waals surface area contributed by atoms with E-state index in [4.69, 9.17) is 0 Å². The van der Waals surface area contributed by atoms with Crippen LogP contribution in [0.2, 0.25) is 0 Å². The second kappa shape index (κ2) is 3.51. The predicted molar refractivity (Wildman–Crippen MR) is 64.0 cm³/mol. The molecule has 1 aromatic carbocycles. The maximum Gasteiger partial charge on any atom is 0.261 e. The topological polar surface area (TPSA) is 3.24 Å². The molecule has 0 fully saturated rings. The summed E-state index contributed by atoms with van der Waals surface area (Å²) in [6.45, 7) is 0.881. The molecule has 14 heavy (non-hydrogen) atoms. The van der Waals surface area contributed by atoms with Gasteiger partial charge in [-0.1, -0.05) is 0 Å². The Morgan fingerprint density at radius 1 is 1.36 bits per heavy atom. The smallest absolute Gasteiger partial charge is 0.261 e. The first kappa shape index (κ1) is 9.92. The van der Waals surface area contributed by atoms with E-state index < -0.39 is 0 Å². The molecule has 4 heteroatoms. The highest BCUT2D eigenvalue weighted by molar-refractivity contribution is 14.1. The number of quaternary nitrogens is 1. The first-order valence-electron chi connectivity index (χ1n) is 4.33. The number of hydrogen-bond donors (Lipinski definition) is 0. The van der Waals surface area contributed by atoms with Gasteiger partial charge in [-0.2, -0.15) is 2.70 Å². The minimum atomic E-state index is -0.187. The Balaban J connectivity index is 2.31. The summed E-state index contributed by atoms with van der Waals surface area (Å²) >= 11 is 2.34. The fourth-order valence-electron chi connectivity index (χ4n) is 1.50. The number of benzene rings is 1. The summed E-state index contributed by atoms with van der Waals surface area (Å²) in [5.74, 6) is -0.187. The molecular formula is C10H11FIN2+. The van der Waals surface area contributed by atoms with Gasteiger partial charge < -0.3 is 4.90 Å². The minimum absolute atomic E-state index is 0.187. The number of nitrogens with zero attached hydrogens (tertiary/aromatic N) is 2. The van der Waals surface area contributed by atoms with Gasteiger partial charge >= 0.3 is 0 Å². The van der Waals surface area contributed by atoms with Crippen molar-refractivity contribution in [1.29, 1.82) is 0 Å². The Morgan fingerprint density at radius 2 is 2.00 bits per heavy atom. The molecule has 0 radical (unpaired) electrons. The lowest BCUT2D eigenvalue weighted by Gasteiger charge is -2.23. The van der Waals surface area contributed by atoms with Crippen LogP contribution in [0.15, 0.2) is 36.7 Å². The van der Waals surface area contributed by atoms with Gasteiger partial charge in [0.2, 0.25) is 0 Å². The van der Waals surface area contributed by atoms with Crippen molar-refractivity contribution in [3.8, 4) is 0 Å². The summed E-state index contributed by atoms with van der Waals surface area (Å²) in [5, 5.41) is 0. The third-order valence-electron chi connectivity index (χ3n) is 2.24. The van der Waals surface area contributed by atoms with Gasteiger partial charge in [-0.15, -0.1) is 0 Å². The van der Waals surface area contributed by atoms with E-state index in [1.165, 1.54) is 12.1 Å². The van der Waals surface area contributed by atoms with Crippen LogP contribution in [0, 0.1) is 5.82 Å². The Kier molecular flexibility index (Phi) is 2.48. The molecule has 2 nitrogen and oxygen atoms in total. The molecule has 0 N–H and O–H groups in total. The van der Waals surface area contributed by atoms with Gasteiger partial charge in [0.15, 0.2) is 6.67 Å². The average molecular weight is 305 g/mol. The molecule has 0 bridgehead atoms. The Hall–Kier alpha value is -0.620. The number of hydrogen-bond acceptors (Lipinski definition) is 1. The molecule has 1 atom stereocenters. The van der Waals surface area contributed by atoms with Crippen molar-refractivity contribution in [2.75, 3.05) is 13.7 Å². The molecule has 1 aliphatic rings. The highest BCUT2D eigenvalue weighted by atomic mass is 127. The largest absolute Gasteiger partial charge is 0.328 e. The van der Waals surface area contributed by atoms with Crippen LogP contribution in [0.5, 0.6) is 0 Å². The first-order valence-corrected chi connectivity index (χ1v) is 5.30. The highest BCUT2D eigenvalue weighted by Crippen LogP contribution is 2.32. The summed E-state index contributed by atoms with van der Waals surface area (Å²) < 4.78 is 13.4. The zero-order valence-corrected chi connectivity index (χ0v) is 9.98. The minimum Gasteiger partial charge on any atom is -0.328 e. The quantitative estimate of drug-likeness (QED) is 0.570. The van der Waals surface area contributed by atoms with Gasteiger partial charge in [0.05, 0.1) is 6.20 Å². The second-order valence-corrected chi connectivity index (χ2v) is 5.17. The van der Waals surface area contributed by atoms with Crippen molar-refractivity contribution in [3.63, 3.8) is 0 Å². The molecule has 2 rings (SSSR count). The van der Waals surface area contributed by atoms with Crippen LogP contribution in [0.25, 0.3) is 0 Å². The van der Waals surface area contributed by atoms with Crippen molar-refractivity contribution in [3.05, 3.63) is 42.5 Å². The molecular weight excluding hydrogens is 294 g/mol. The van der Waals surface area contributed by atoms with Gasteiger partial charge in [0.1, 0.15) is 17.7 Å². The van der Waals surface area contributed by atoms with E-state index in [-0.39, 0.29) is 5.82 Å². The van der Waals surface area contributed by atoms with Crippen molar-refractivity contribution < 1.29 is 4.39 Å². The van der Waals surface area contributed by atoms with Crippen molar-refractivity contribution in [2.24, 2.45) is 0 Å². The molecule has 0 aliphatic carbocycles. The van der Waals surface area contributed by atoms with Gasteiger partial charge in [0, 0.05) is 19.2 Å². The van der Waals surface area contributed by atoms with Gasteiger partial charge in [0.25, 0.3) is 22.9 Å². The SMILES string of the molecule is CN1C=C[N+](I)(c2ccc(F)cc2)C1. The highest BCUT2D eigenvalue weighted by Gasteiger charge is 2.31. The standard InChI is InChI=1S/C10H11FIN2/c1-13-6-7-14(12,8-13)10-4-2-9(11)3-5-10/h2-7H,8H2,1H3/q+1. The van der Waals surface area contributed by atoms with Gasteiger partial charge in [-0.3, -0.25) is 0 Å². The molecule has 1 aromatic rings. The molecule has 1 unspecified atom stereocenters. The maximum absolute atomic E-state index is 12.7. The van der Waals surface area contributed by atoms with Crippen molar-refractivity contribution in [1.82, 2.24) is 7.60 Å². The number of rotatable bonds is 1. The maximum atomic E-state index is 12.7. The van der Waals surface area contributed by atoms with Gasteiger partial charge in [-0.25, -0.2) is 4.39 Å². The van der Waals surface area contributed by atoms with E-state index in [1.807, 2.05) is 25.4 Å². The van der Waals surface area contributed by atoms with E-state index in [0.29, 0.717) is 2.70 Å². The summed E-state index contributed by atoms with van der Waals surface area (Å²) in [4.78, 5) is 2.11. The van der Waals surface area contributed by atoms with E-state index in [0.717, 1.165) is 12.4 Å². The molecule has 0 amide bonds. The van der Waals surface area contributed by atoms with E-state index >= 15 is 0 Å². The lowest BCUT2D eigenvalue weighted by Crippen LogP contribution is -2.34.